The fourth-order valence-electron chi connectivity index (χ4n) is 9.92. The fourth-order valence-corrected chi connectivity index (χ4v) is 9.92. The van der Waals surface area contributed by atoms with Crippen LogP contribution in [0.3, 0.4) is 0 Å². The van der Waals surface area contributed by atoms with Crippen LogP contribution in [-0.4, -0.2) is 0 Å². The minimum atomic E-state index is -0.230. The first-order valence-corrected chi connectivity index (χ1v) is 21.9. The van der Waals surface area contributed by atoms with Gasteiger partial charge >= 0.3 is 0 Å². The van der Waals surface area contributed by atoms with Crippen molar-refractivity contribution in [2.24, 2.45) is 0 Å². The lowest BCUT2D eigenvalue weighted by Gasteiger charge is -2.28. The van der Waals surface area contributed by atoms with Gasteiger partial charge in [0.2, 0.25) is 0 Å². The summed E-state index contributed by atoms with van der Waals surface area (Å²) in [6, 6.07) is 80.0. The number of aryl methyl sites for hydroxylation is 1. The van der Waals surface area contributed by atoms with Gasteiger partial charge in [0.25, 0.3) is 0 Å². The van der Waals surface area contributed by atoms with Crippen molar-refractivity contribution in [2.75, 3.05) is 4.90 Å². The second kappa shape index (κ2) is 15.3. The minimum Gasteiger partial charge on any atom is -0.310 e. The normalized spacial score (nSPS) is 12.6. The van der Waals surface area contributed by atoms with Crippen LogP contribution in [0.15, 0.2) is 225 Å². The molecule has 0 bridgehead atoms. The summed E-state index contributed by atoms with van der Waals surface area (Å²) in [5, 5.41) is 5.00. The van der Waals surface area contributed by atoms with E-state index in [0.717, 1.165) is 33.8 Å². The van der Waals surface area contributed by atoms with Crippen molar-refractivity contribution in [3.63, 3.8) is 0 Å². The second-order valence-corrected chi connectivity index (χ2v) is 17.5. The fraction of sp³-hybridized carbons (Fsp3) is 0.0645. The van der Waals surface area contributed by atoms with Crippen molar-refractivity contribution in [3.8, 4) is 44.5 Å². The molecule has 300 valence electrons. The molecule has 0 N–H and O–H groups in total. The van der Waals surface area contributed by atoms with Crippen LogP contribution in [0.1, 0.15) is 41.7 Å². The summed E-state index contributed by atoms with van der Waals surface area (Å²) in [6.07, 6.45) is 0. The smallest absolute Gasteiger partial charge is 0.0468 e. The zero-order chi connectivity index (χ0) is 42.7. The van der Waals surface area contributed by atoms with Crippen molar-refractivity contribution >= 4 is 44.2 Å². The molecule has 0 aliphatic heterocycles. The molecule has 0 saturated heterocycles. The highest BCUT2D eigenvalue weighted by Crippen LogP contribution is 2.52. The van der Waals surface area contributed by atoms with Crippen LogP contribution in [0.4, 0.5) is 17.1 Å². The van der Waals surface area contributed by atoms with Crippen molar-refractivity contribution in [1.29, 1.82) is 0 Å². The molecule has 0 spiro atoms. The topological polar surface area (TPSA) is 3.24 Å². The third-order valence-corrected chi connectivity index (χ3v) is 13.4. The first-order chi connectivity index (χ1) is 30.8. The number of rotatable bonds is 8. The van der Waals surface area contributed by atoms with Crippen molar-refractivity contribution < 1.29 is 0 Å². The summed E-state index contributed by atoms with van der Waals surface area (Å²) in [7, 11) is 0. The number of hydrogen-bond acceptors (Lipinski definition) is 1. The summed E-state index contributed by atoms with van der Waals surface area (Å²) >= 11 is 0. The molecule has 10 aromatic carbocycles. The minimum absolute atomic E-state index is 0.230. The molecule has 0 heterocycles. The van der Waals surface area contributed by atoms with Gasteiger partial charge in [0.1, 0.15) is 0 Å². The van der Waals surface area contributed by atoms with E-state index in [9.17, 15) is 0 Å². The van der Waals surface area contributed by atoms with Gasteiger partial charge in [-0.3, -0.25) is 0 Å². The number of hydrogen-bond donors (Lipinski definition) is 0. The molecule has 0 unspecified atom stereocenters. The molecule has 11 rings (SSSR count). The maximum atomic E-state index is 4.55. The molecule has 0 saturated carbocycles. The lowest BCUT2D eigenvalue weighted by atomic mass is 9.81. The van der Waals surface area contributed by atoms with Gasteiger partial charge in [-0.2, -0.15) is 0 Å². The van der Waals surface area contributed by atoms with Crippen molar-refractivity contribution in [2.45, 2.75) is 26.2 Å². The molecular weight excluding hydrogens is 759 g/mol. The van der Waals surface area contributed by atoms with Crippen molar-refractivity contribution in [3.05, 3.63) is 253 Å². The molecule has 0 amide bonds. The Balaban J connectivity index is 0.990. The Morgan fingerprint density at radius 1 is 0.397 bits per heavy atom. The Kier molecular flexibility index (Phi) is 9.28. The predicted molar refractivity (Wildman–Crippen MR) is 269 cm³/mol. The highest BCUT2D eigenvalue weighted by molar-refractivity contribution is 6.09. The Morgan fingerprint density at radius 2 is 0.937 bits per heavy atom. The van der Waals surface area contributed by atoms with E-state index in [1.165, 1.54) is 82.7 Å². The lowest BCUT2D eigenvalue weighted by molar-refractivity contribution is 0.660. The van der Waals surface area contributed by atoms with E-state index in [4.69, 9.17) is 0 Å². The SMILES string of the molecule is C=C(c1ccccc1)c1ccccc1-c1cc(-c2ccc3c(c2)C(C)(C)c2cc(N(c4ccc(-c5ccccc5)cc4)c4ccc5ccc6ccccc6c5c4)ccc2-3)ccc1C. The maximum absolute atomic E-state index is 4.55. The number of benzene rings is 10. The van der Waals surface area contributed by atoms with Crippen LogP contribution in [-0.2, 0) is 5.41 Å². The number of fused-ring (bicyclic) bond motifs is 6. The Morgan fingerprint density at radius 3 is 1.73 bits per heavy atom. The molecule has 1 heteroatoms. The van der Waals surface area contributed by atoms with Crippen LogP contribution in [0.5, 0.6) is 0 Å². The van der Waals surface area contributed by atoms with Gasteiger partial charge in [0.15, 0.2) is 0 Å². The van der Waals surface area contributed by atoms with E-state index in [0.29, 0.717) is 0 Å². The molecule has 0 radical (unpaired) electrons. The average molecular weight is 806 g/mol. The number of nitrogens with zero attached hydrogens (tertiary/aromatic N) is 1. The van der Waals surface area contributed by atoms with Gasteiger partial charge in [-0.05, 0) is 155 Å². The maximum Gasteiger partial charge on any atom is 0.0468 e. The number of anilines is 3. The van der Waals surface area contributed by atoms with E-state index in [-0.39, 0.29) is 5.41 Å². The largest absolute Gasteiger partial charge is 0.310 e. The molecule has 0 atom stereocenters. The van der Waals surface area contributed by atoms with Crippen LogP contribution < -0.4 is 4.90 Å². The van der Waals surface area contributed by atoms with Crippen LogP contribution in [0.25, 0.3) is 71.6 Å². The third-order valence-electron chi connectivity index (χ3n) is 13.4. The molecule has 1 nitrogen and oxygen atoms in total. The van der Waals surface area contributed by atoms with Crippen LogP contribution >= 0.6 is 0 Å². The highest BCUT2D eigenvalue weighted by atomic mass is 15.1. The molecule has 0 fully saturated rings. The summed E-state index contributed by atoms with van der Waals surface area (Å²) in [4.78, 5) is 2.43. The second-order valence-electron chi connectivity index (χ2n) is 17.5. The molecule has 63 heavy (non-hydrogen) atoms. The lowest BCUT2D eigenvalue weighted by Crippen LogP contribution is -2.16. The van der Waals surface area contributed by atoms with Gasteiger partial charge in [0, 0.05) is 22.5 Å². The molecule has 1 aliphatic carbocycles. The first-order valence-electron chi connectivity index (χ1n) is 21.9. The van der Waals surface area contributed by atoms with Gasteiger partial charge in [-0.25, -0.2) is 0 Å². The summed E-state index contributed by atoms with van der Waals surface area (Å²) < 4.78 is 0. The highest BCUT2D eigenvalue weighted by Gasteiger charge is 2.36. The van der Waals surface area contributed by atoms with Gasteiger partial charge in [-0.1, -0.05) is 190 Å². The summed E-state index contributed by atoms with van der Waals surface area (Å²) in [5.74, 6) is 0. The Labute approximate surface area is 370 Å². The zero-order valence-electron chi connectivity index (χ0n) is 35.9. The van der Waals surface area contributed by atoms with E-state index >= 15 is 0 Å². The quantitative estimate of drug-likeness (QED) is 0.138. The van der Waals surface area contributed by atoms with Crippen molar-refractivity contribution in [1.82, 2.24) is 0 Å². The molecular formula is C62H47N. The molecule has 10 aromatic rings. The standard InChI is InChI=1S/C62H47N/c1-41-23-24-48(37-58(41)55-22-14-13-20-53(55)42(2)43-15-7-5-8-16-43)49-30-35-56-57-36-34-52(40-61(57)62(3,4)60(56)38-49)63(50-31-27-45(28-32-50)44-17-9-6-10-18-44)51-33-29-47-26-25-46-19-11-12-21-54(46)59(47)39-51/h5-40H,2H2,1,3-4H3. The van der Waals surface area contributed by atoms with E-state index < -0.39 is 0 Å². The van der Waals surface area contributed by atoms with E-state index in [1.807, 2.05) is 0 Å². The summed E-state index contributed by atoms with van der Waals surface area (Å²) in [5.41, 5.74) is 20.3. The Bertz CT molecular complexity index is 3370. The van der Waals surface area contributed by atoms with Crippen LogP contribution in [0, 0.1) is 6.92 Å². The summed E-state index contributed by atoms with van der Waals surface area (Å²) in [6.45, 7) is 11.5. The predicted octanol–water partition coefficient (Wildman–Crippen LogP) is 17.1. The molecule has 1 aliphatic rings. The zero-order valence-corrected chi connectivity index (χ0v) is 35.9. The third kappa shape index (κ3) is 6.65. The monoisotopic (exact) mass is 805 g/mol. The molecule has 0 aromatic heterocycles. The first kappa shape index (κ1) is 38.2. The van der Waals surface area contributed by atoms with Crippen LogP contribution in [0.2, 0.25) is 0 Å². The van der Waals surface area contributed by atoms with E-state index in [2.05, 4.69) is 251 Å². The van der Waals surface area contributed by atoms with Gasteiger partial charge in [-0.15, -0.1) is 0 Å². The average Bonchev–Trinajstić information content (AvgIpc) is 3.56. The Hall–Kier alpha value is -7.74. The van der Waals surface area contributed by atoms with Gasteiger partial charge < -0.3 is 4.90 Å². The van der Waals surface area contributed by atoms with Gasteiger partial charge in [0.05, 0.1) is 0 Å². The van der Waals surface area contributed by atoms with E-state index in [1.54, 1.807) is 0 Å².